The molecule has 0 amide bonds. The third-order valence-electron chi connectivity index (χ3n) is 3.33. The molecule has 0 aromatic rings. The lowest BCUT2D eigenvalue weighted by atomic mass is 9.96. The summed E-state index contributed by atoms with van der Waals surface area (Å²) in [5.41, 5.74) is -0.449. The van der Waals surface area contributed by atoms with Crippen LogP contribution in [0.15, 0.2) is 0 Å². The average Bonchev–Trinajstić information content (AvgIpc) is 3.10. The van der Waals surface area contributed by atoms with Crippen molar-refractivity contribution >= 4 is 0 Å². The summed E-state index contributed by atoms with van der Waals surface area (Å²) in [6.07, 6.45) is 5.92. The molecule has 0 aromatic heterocycles. The molecule has 3 heteroatoms. The zero-order valence-corrected chi connectivity index (χ0v) is 11.5. The van der Waals surface area contributed by atoms with E-state index in [1.165, 1.54) is 19.3 Å². The van der Waals surface area contributed by atoms with Crippen LogP contribution in [0.2, 0.25) is 0 Å². The highest BCUT2D eigenvalue weighted by Gasteiger charge is 2.26. The van der Waals surface area contributed by atoms with Crippen LogP contribution < -0.4 is 5.32 Å². The molecule has 1 saturated carbocycles. The third kappa shape index (κ3) is 6.05. The number of hydrogen-bond donors (Lipinski definition) is 1. The topological polar surface area (TPSA) is 45.0 Å². The van der Waals surface area contributed by atoms with Crippen LogP contribution in [-0.4, -0.2) is 24.8 Å². The van der Waals surface area contributed by atoms with E-state index in [1.807, 2.05) is 6.92 Å². The van der Waals surface area contributed by atoms with Crippen molar-refractivity contribution < 1.29 is 4.74 Å². The Balaban J connectivity index is 2.20. The number of rotatable bonds is 9. The summed E-state index contributed by atoms with van der Waals surface area (Å²) in [5, 5.41) is 12.5. The minimum atomic E-state index is -0.449. The molecule has 0 saturated heterocycles. The smallest absolute Gasteiger partial charge is 0.106 e. The van der Waals surface area contributed by atoms with E-state index < -0.39 is 5.54 Å². The molecule has 3 nitrogen and oxygen atoms in total. The van der Waals surface area contributed by atoms with E-state index in [4.69, 9.17) is 4.74 Å². The van der Waals surface area contributed by atoms with Gasteiger partial charge in [0.05, 0.1) is 12.2 Å². The van der Waals surface area contributed by atoms with Crippen molar-refractivity contribution in [3.8, 4) is 6.07 Å². The van der Waals surface area contributed by atoms with Gasteiger partial charge in [0.25, 0.3) is 0 Å². The normalized spacial score (nSPS) is 20.6. The molecule has 1 N–H and O–H groups in total. The van der Waals surface area contributed by atoms with E-state index in [-0.39, 0.29) is 6.10 Å². The summed E-state index contributed by atoms with van der Waals surface area (Å²) in [7, 11) is 0. The predicted octanol–water partition coefficient (Wildman–Crippen LogP) is 2.86. The molecule has 1 rings (SSSR count). The first-order valence-corrected chi connectivity index (χ1v) is 6.87. The van der Waals surface area contributed by atoms with E-state index >= 15 is 0 Å². The highest BCUT2D eigenvalue weighted by molar-refractivity contribution is 5.04. The molecule has 0 aliphatic heterocycles. The molecule has 1 aliphatic carbocycles. The third-order valence-corrected chi connectivity index (χ3v) is 3.33. The molecule has 0 heterocycles. The summed E-state index contributed by atoms with van der Waals surface area (Å²) in [5.74, 6) is 0.919. The quantitative estimate of drug-likeness (QED) is 0.672. The van der Waals surface area contributed by atoms with E-state index in [2.05, 4.69) is 25.2 Å². The van der Waals surface area contributed by atoms with Crippen molar-refractivity contribution in [1.29, 1.82) is 5.26 Å². The number of hydrogen-bond acceptors (Lipinski definition) is 3. The van der Waals surface area contributed by atoms with Gasteiger partial charge in [-0.05, 0) is 39.2 Å². The molecule has 2 atom stereocenters. The van der Waals surface area contributed by atoms with Crippen LogP contribution in [0.1, 0.15) is 52.9 Å². The molecule has 17 heavy (non-hydrogen) atoms. The zero-order valence-electron chi connectivity index (χ0n) is 11.5. The monoisotopic (exact) mass is 238 g/mol. The van der Waals surface area contributed by atoms with Gasteiger partial charge in [-0.3, -0.25) is 5.32 Å². The fourth-order valence-electron chi connectivity index (χ4n) is 2.03. The molecule has 0 aromatic carbocycles. The van der Waals surface area contributed by atoms with E-state index in [0.29, 0.717) is 0 Å². The van der Waals surface area contributed by atoms with Crippen molar-refractivity contribution in [2.24, 2.45) is 5.92 Å². The largest absolute Gasteiger partial charge is 0.378 e. The van der Waals surface area contributed by atoms with Gasteiger partial charge < -0.3 is 4.74 Å². The van der Waals surface area contributed by atoms with Crippen molar-refractivity contribution in [1.82, 2.24) is 5.32 Å². The Morgan fingerprint density at radius 2 is 2.24 bits per heavy atom. The van der Waals surface area contributed by atoms with Crippen molar-refractivity contribution in [2.45, 2.75) is 64.5 Å². The summed E-state index contributed by atoms with van der Waals surface area (Å²) in [6.45, 7) is 7.87. The van der Waals surface area contributed by atoms with Gasteiger partial charge in [0.15, 0.2) is 0 Å². The molecule has 1 fully saturated rings. The van der Waals surface area contributed by atoms with Crippen LogP contribution in [0.5, 0.6) is 0 Å². The fraction of sp³-hybridized carbons (Fsp3) is 0.929. The maximum atomic E-state index is 9.22. The number of nitriles is 1. The number of nitrogens with one attached hydrogen (secondary N) is 1. The van der Waals surface area contributed by atoms with Gasteiger partial charge in [0, 0.05) is 13.0 Å². The zero-order chi connectivity index (χ0) is 12.7. The summed E-state index contributed by atoms with van der Waals surface area (Å²) in [6, 6.07) is 2.36. The molecule has 0 bridgehead atoms. The maximum Gasteiger partial charge on any atom is 0.106 e. The standard InChI is InChI=1S/C14H26N2O/c1-4-8-16-14(3,11-15)10-12(2)17-9-7-13-5-6-13/h12-13,16H,4-10H2,1-3H3. The molecule has 1 aliphatic rings. The second-order valence-electron chi connectivity index (χ2n) is 5.49. The molecule has 0 radical (unpaired) electrons. The lowest BCUT2D eigenvalue weighted by molar-refractivity contribution is 0.0440. The summed E-state index contributed by atoms with van der Waals surface area (Å²) >= 11 is 0. The van der Waals surface area contributed by atoms with Gasteiger partial charge >= 0.3 is 0 Å². The van der Waals surface area contributed by atoms with Crippen molar-refractivity contribution in [3.63, 3.8) is 0 Å². The van der Waals surface area contributed by atoms with Gasteiger partial charge in [-0.15, -0.1) is 0 Å². The van der Waals surface area contributed by atoms with E-state index in [1.54, 1.807) is 0 Å². The Kier molecular flexibility index (Phi) is 5.94. The second-order valence-corrected chi connectivity index (χ2v) is 5.49. The Bertz CT molecular complexity index is 257. The van der Waals surface area contributed by atoms with Crippen molar-refractivity contribution in [2.75, 3.05) is 13.2 Å². The Morgan fingerprint density at radius 1 is 1.53 bits per heavy atom. The number of nitrogens with zero attached hydrogens (tertiary/aromatic N) is 1. The predicted molar refractivity (Wildman–Crippen MR) is 69.7 cm³/mol. The molecule has 0 spiro atoms. The van der Waals surface area contributed by atoms with Crippen molar-refractivity contribution in [3.05, 3.63) is 0 Å². The van der Waals surface area contributed by atoms with Gasteiger partial charge in [0.2, 0.25) is 0 Å². The van der Waals surface area contributed by atoms with Crippen LogP contribution in [0, 0.1) is 17.2 Å². The van der Waals surface area contributed by atoms with Crippen LogP contribution >= 0.6 is 0 Å². The lowest BCUT2D eigenvalue weighted by Crippen LogP contribution is -2.44. The Hall–Kier alpha value is -0.590. The molecule has 98 valence electrons. The molecular formula is C14H26N2O. The summed E-state index contributed by atoms with van der Waals surface area (Å²) < 4.78 is 5.78. The average molecular weight is 238 g/mol. The Morgan fingerprint density at radius 3 is 2.76 bits per heavy atom. The van der Waals surface area contributed by atoms with Crippen LogP contribution in [0.4, 0.5) is 0 Å². The van der Waals surface area contributed by atoms with Gasteiger partial charge in [0.1, 0.15) is 5.54 Å². The van der Waals surface area contributed by atoms with Gasteiger partial charge in [-0.2, -0.15) is 5.26 Å². The minimum Gasteiger partial charge on any atom is -0.378 e. The Labute approximate surface area is 106 Å². The number of ether oxygens (including phenoxy) is 1. The SMILES string of the molecule is CCCNC(C)(C#N)CC(C)OCCC1CC1. The summed E-state index contributed by atoms with van der Waals surface area (Å²) in [4.78, 5) is 0. The van der Waals surface area contributed by atoms with Crippen LogP contribution in [0.3, 0.4) is 0 Å². The molecular weight excluding hydrogens is 212 g/mol. The first kappa shape index (κ1) is 14.5. The lowest BCUT2D eigenvalue weighted by Gasteiger charge is -2.26. The van der Waals surface area contributed by atoms with E-state index in [9.17, 15) is 5.26 Å². The van der Waals surface area contributed by atoms with Gasteiger partial charge in [-0.25, -0.2) is 0 Å². The first-order valence-electron chi connectivity index (χ1n) is 6.87. The van der Waals surface area contributed by atoms with Crippen LogP contribution in [-0.2, 0) is 4.74 Å². The maximum absolute atomic E-state index is 9.22. The van der Waals surface area contributed by atoms with E-state index in [0.717, 1.165) is 31.9 Å². The molecule has 2 unspecified atom stereocenters. The second kappa shape index (κ2) is 6.98. The highest BCUT2D eigenvalue weighted by atomic mass is 16.5. The fourth-order valence-corrected chi connectivity index (χ4v) is 2.03. The highest BCUT2D eigenvalue weighted by Crippen LogP contribution is 2.32. The first-order chi connectivity index (χ1) is 8.09. The van der Waals surface area contributed by atoms with Gasteiger partial charge in [-0.1, -0.05) is 19.8 Å². The van der Waals surface area contributed by atoms with Crippen LogP contribution in [0.25, 0.3) is 0 Å². The minimum absolute atomic E-state index is 0.155.